The monoisotopic (exact) mass is 286 g/mol. The van der Waals surface area contributed by atoms with Gasteiger partial charge in [0, 0.05) is 4.88 Å². The molecule has 0 radical (unpaired) electrons. The molecule has 1 aliphatic rings. The number of thiophene rings is 1. The van der Waals surface area contributed by atoms with Crippen LogP contribution in [0.2, 0.25) is 0 Å². The number of amides is 1. The third-order valence-corrected chi connectivity index (χ3v) is 5.37. The lowest BCUT2D eigenvalue weighted by Crippen LogP contribution is -2.30. The van der Waals surface area contributed by atoms with Gasteiger partial charge in [-0.15, -0.1) is 11.3 Å². The minimum Gasteiger partial charge on any atom is -0.390 e. The van der Waals surface area contributed by atoms with Gasteiger partial charge in [0.2, 0.25) is 0 Å². The van der Waals surface area contributed by atoms with E-state index in [2.05, 4.69) is 31.2 Å². The van der Waals surface area contributed by atoms with Crippen LogP contribution in [0.3, 0.4) is 0 Å². The van der Waals surface area contributed by atoms with Gasteiger partial charge < -0.3 is 11.5 Å². The van der Waals surface area contributed by atoms with Crippen LogP contribution in [-0.4, -0.2) is 5.91 Å². The number of fused-ring (bicyclic) bond motifs is 1. The first-order valence-corrected chi connectivity index (χ1v) is 7.58. The SMILES string of the molecule is CC1(c2ccccc2)CCc2c(sc(N)c2C(N)=O)C1. The molecule has 0 bridgehead atoms. The summed E-state index contributed by atoms with van der Waals surface area (Å²) in [6, 6.07) is 10.5. The third kappa shape index (κ3) is 2.00. The fourth-order valence-electron chi connectivity index (χ4n) is 3.14. The number of rotatable bonds is 2. The Balaban J connectivity index is 2.01. The Morgan fingerprint density at radius 2 is 2.00 bits per heavy atom. The molecule has 1 aliphatic carbocycles. The molecule has 3 rings (SSSR count). The number of anilines is 1. The average Bonchev–Trinajstić information content (AvgIpc) is 2.74. The fourth-order valence-corrected chi connectivity index (χ4v) is 4.45. The van der Waals surface area contributed by atoms with E-state index in [1.54, 1.807) is 0 Å². The van der Waals surface area contributed by atoms with Gasteiger partial charge in [0.05, 0.1) is 10.6 Å². The van der Waals surface area contributed by atoms with E-state index in [1.165, 1.54) is 21.8 Å². The first-order valence-electron chi connectivity index (χ1n) is 6.76. The third-order valence-electron chi connectivity index (χ3n) is 4.31. The molecule has 0 aliphatic heterocycles. The number of hydrogen-bond donors (Lipinski definition) is 2. The summed E-state index contributed by atoms with van der Waals surface area (Å²) in [5.41, 5.74) is 14.5. The lowest BCUT2D eigenvalue weighted by molar-refractivity contribution is 0.1000. The summed E-state index contributed by atoms with van der Waals surface area (Å²) < 4.78 is 0. The molecule has 1 unspecified atom stereocenters. The van der Waals surface area contributed by atoms with Crippen molar-refractivity contribution in [3.05, 3.63) is 51.9 Å². The van der Waals surface area contributed by atoms with Crippen LogP contribution in [0.5, 0.6) is 0 Å². The van der Waals surface area contributed by atoms with Crippen molar-refractivity contribution in [1.29, 1.82) is 0 Å². The van der Waals surface area contributed by atoms with Crippen molar-refractivity contribution in [2.45, 2.75) is 31.6 Å². The van der Waals surface area contributed by atoms with Gasteiger partial charge in [-0.05, 0) is 35.8 Å². The van der Waals surface area contributed by atoms with Crippen molar-refractivity contribution in [2.75, 3.05) is 5.73 Å². The quantitative estimate of drug-likeness (QED) is 0.891. The zero-order valence-electron chi connectivity index (χ0n) is 11.5. The molecule has 1 aromatic carbocycles. The number of nitrogen functional groups attached to an aromatic ring is 1. The van der Waals surface area contributed by atoms with Crippen LogP contribution in [0.25, 0.3) is 0 Å². The normalized spacial score (nSPS) is 21.4. The van der Waals surface area contributed by atoms with Crippen LogP contribution in [0.4, 0.5) is 5.00 Å². The van der Waals surface area contributed by atoms with Crippen molar-refractivity contribution in [2.24, 2.45) is 5.73 Å². The van der Waals surface area contributed by atoms with E-state index in [-0.39, 0.29) is 5.41 Å². The molecule has 2 aromatic rings. The second-order valence-electron chi connectivity index (χ2n) is 5.71. The number of carbonyl (C=O) groups is 1. The highest BCUT2D eigenvalue weighted by atomic mass is 32.1. The first kappa shape index (κ1) is 13.2. The van der Waals surface area contributed by atoms with Gasteiger partial charge in [0.15, 0.2) is 0 Å². The smallest absolute Gasteiger partial charge is 0.251 e. The summed E-state index contributed by atoms with van der Waals surface area (Å²) in [6.07, 6.45) is 2.81. The second-order valence-corrected chi connectivity index (χ2v) is 6.85. The average molecular weight is 286 g/mol. The maximum Gasteiger partial charge on any atom is 0.251 e. The molecule has 0 saturated heterocycles. The van der Waals surface area contributed by atoms with Crippen LogP contribution in [-0.2, 0) is 18.3 Å². The van der Waals surface area contributed by atoms with Crippen molar-refractivity contribution in [3.8, 4) is 0 Å². The highest BCUT2D eigenvalue weighted by molar-refractivity contribution is 7.16. The van der Waals surface area contributed by atoms with E-state index >= 15 is 0 Å². The maximum absolute atomic E-state index is 11.5. The summed E-state index contributed by atoms with van der Waals surface area (Å²) in [7, 11) is 0. The molecule has 4 heteroatoms. The molecular weight excluding hydrogens is 268 g/mol. The van der Waals surface area contributed by atoms with Gasteiger partial charge in [-0.1, -0.05) is 37.3 Å². The number of carbonyl (C=O) groups excluding carboxylic acids is 1. The Kier molecular flexibility index (Phi) is 3.05. The van der Waals surface area contributed by atoms with Crippen LogP contribution >= 0.6 is 11.3 Å². The zero-order chi connectivity index (χ0) is 14.3. The molecule has 3 nitrogen and oxygen atoms in total. The van der Waals surface area contributed by atoms with Crippen LogP contribution < -0.4 is 11.5 Å². The first-order chi connectivity index (χ1) is 9.51. The predicted molar refractivity (Wildman–Crippen MR) is 83.1 cm³/mol. The molecule has 0 fully saturated rings. The Hall–Kier alpha value is -1.81. The maximum atomic E-state index is 11.5. The summed E-state index contributed by atoms with van der Waals surface area (Å²) in [5, 5.41) is 0.569. The molecule has 1 atom stereocenters. The summed E-state index contributed by atoms with van der Waals surface area (Å²) in [6.45, 7) is 2.28. The topological polar surface area (TPSA) is 69.1 Å². The standard InChI is InChI=1S/C16H18N2OS/c1-16(10-5-3-2-4-6-10)8-7-11-12(9-16)20-15(18)13(11)14(17)19/h2-6H,7-9,18H2,1H3,(H2,17,19). The molecule has 4 N–H and O–H groups in total. The van der Waals surface area contributed by atoms with Crippen molar-refractivity contribution in [3.63, 3.8) is 0 Å². The Labute approximate surface area is 122 Å². The van der Waals surface area contributed by atoms with Crippen molar-refractivity contribution < 1.29 is 4.79 Å². The summed E-state index contributed by atoms with van der Waals surface area (Å²) in [5.74, 6) is -0.400. The lowest BCUT2D eigenvalue weighted by atomic mass is 9.71. The Morgan fingerprint density at radius 3 is 2.65 bits per heavy atom. The zero-order valence-corrected chi connectivity index (χ0v) is 12.3. The van der Waals surface area contributed by atoms with Gasteiger partial charge in [-0.25, -0.2) is 0 Å². The number of benzene rings is 1. The molecular formula is C16H18N2OS. The predicted octanol–water partition coefficient (Wildman–Crippen LogP) is 2.88. The molecule has 1 amide bonds. The van der Waals surface area contributed by atoms with E-state index in [4.69, 9.17) is 11.5 Å². The molecule has 0 spiro atoms. The van der Waals surface area contributed by atoms with E-state index in [9.17, 15) is 4.79 Å². The summed E-state index contributed by atoms with van der Waals surface area (Å²) >= 11 is 1.52. The van der Waals surface area contributed by atoms with E-state index in [0.29, 0.717) is 10.6 Å². The van der Waals surface area contributed by atoms with E-state index in [0.717, 1.165) is 24.8 Å². The highest BCUT2D eigenvalue weighted by Gasteiger charge is 2.35. The lowest BCUT2D eigenvalue weighted by Gasteiger charge is -2.34. The molecule has 0 saturated carbocycles. The number of hydrogen-bond acceptors (Lipinski definition) is 3. The molecule has 1 aromatic heterocycles. The molecule has 1 heterocycles. The van der Waals surface area contributed by atoms with E-state index < -0.39 is 5.91 Å². The van der Waals surface area contributed by atoms with Crippen LogP contribution in [0.15, 0.2) is 30.3 Å². The van der Waals surface area contributed by atoms with Gasteiger partial charge in [-0.2, -0.15) is 0 Å². The summed E-state index contributed by atoms with van der Waals surface area (Å²) in [4.78, 5) is 12.8. The van der Waals surface area contributed by atoms with Gasteiger partial charge in [0.1, 0.15) is 0 Å². The van der Waals surface area contributed by atoms with Crippen molar-refractivity contribution in [1.82, 2.24) is 0 Å². The second kappa shape index (κ2) is 4.63. The Morgan fingerprint density at radius 1 is 1.30 bits per heavy atom. The minimum absolute atomic E-state index is 0.112. The molecule has 20 heavy (non-hydrogen) atoms. The Bertz CT molecular complexity index is 663. The number of primary amides is 1. The van der Waals surface area contributed by atoms with Gasteiger partial charge in [-0.3, -0.25) is 4.79 Å². The van der Waals surface area contributed by atoms with Gasteiger partial charge >= 0.3 is 0 Å². The fraction of sp³-hybridized carbons (Fsp3) is 0.312. The van der Waals surface area contributed by atoms with Crippen LogP contribution in [0.1, 0.15) is 39.7 Å². The van der Waals surface area contributed by atoms with Gasteiger partial charge in [0.25, 0.3) is 5.91 Å². The van der Waals surface area contributed by atoms with Crippen molar-refractivity contribution >= 4 is 22.2 Å². The van der Waals surface area contributed by atoms with E-state index in [1.807, 2.05) is 6.07 Å². The minimum atomic E-state index is -0.400. The van der Waals surface area contributed by atoms with Crippen LogP contribution in [0, 0.1) is 0 Å². The molecule has 104 valence electrons. The largest absolute Gasteiger partial charge is 0.390 e. The highest BCUT2D eigenvalue weighted by Crippen LogP contribution is 2.44. The number of nitrogens with two attached hydrogens (primary N) is 2.